The Kier molecular flexibility index (Phi) is 8.23. The van der Waals surface area contributed by atoms with Gasteiger partial charge in [0.25, 0.3) is 0 Å². The fraction of sp³-hybridized carbons (Fsp3) is 0.385. The summed E-state index contributed by atoms with van der Waals surface area (Å²) in [5.41, 5.74) is 2.05. The lowest BCUT2D eigenvalue weighted by Gasteiger charge is -2.31. The van der Waals surface area contributed by atoms with E-state index in [1.54, 1.807) is 0 Å². The van der Waals surface area contributed by atoms with Crippen molar-refractivity contribution in [3.63, 3.8) is 0 Å². The number of halogens is 5. The van der Waals surface area contributed by atoms with Gasteiger partial charge in [-0.25, -0.2) is 4.98 Å². The molecule has 1 fully saturated rings. The van der Waals surface area contributed by atoms with Crippen LogP contribution in [0, 0.1) is 6.92 Å². The minimum Gasteiger partial charge on any atom is -0.489 e. The molecule has 0 spiro atoms. The minimum absolute atomic E-state index is 0.0651. The van der Waals surface area contributed by atoms with Crippen LogP contribution in [0.25, 0.3) is 0 Å². The second-order valence-corrected chi connectivity index (χ2v) is 10.00. The second kappa shape index (κ2) is 11.2. The van der Waals surface area contributed by atoms with Gasteiger partial charge in [-0.1, -0.05) is 23.2 Å². The van der Waals surface area contributed by atoms with Crippen molar-refractivity contribution in [1.29, 1.82) is 0 Å². The Hall–Kier alpha value is -2.91. The molecule has 1 saturated heterocycles. The van der Waals surface area contributed by atoms with Gasteiger partial charge < -0.3 is 20.3 Å². The van der Waals surface area contributed by atoms with Crippen LogP contribution < -0.4 is 20.3 Å². The van der Waals surface area contributed by atoms with Crippen LogP contribution in [0.5, 0.6) is 5.75 Å². The molecule has 0 amide bonds. The van der Waals surface area contributed by atoms with Gasteiger partial charge in [-0.15, -0.1) is 0 Å². The molecule has 6 nitrogen and oxygen atoms in total. The molecule has 0 unspecified atom stereocenters. The largest absolute Gasteiger partial charge is 0.489 e. The summed E-state index contributed by atoms with van der Waals surface area (Å²) in [6.07, 6.45) is 0.267. The fourth-order valence-corrected chi connectivity index (χ4v) is 4.56. The topological polar surface area (TPSA) is 62.3 Å². The summed E-state index contributed by atoms with van der Waals surface area (Å²) in [5.74, 6) is 0.996. The van der Waals surface area contributed by atoms with E-state index in [0.29, 0.717) is 11.4 Å². The van der Waals surface area contributed by atoms with Gasteiger partial charge in [-0.3, -0.25) is 0 Å². The zero-order chi connectivity index (χ0) is 26.7. The Morgan fingerprint density at radius 1 is 1.00 bits per heavy atom. The number of ether oxygens (including phenoxy) is 1. The first-order valence-electron chi connectivity index (χ1n) is 12.0. The van der Waals surface area contributed by atoms with Crippen LogP contribution in [0.1, 0.15) is 44.2 Å². The van der Waals surface area contributed by atoms with E-state index in [9.17, 15) is 13.2 Å². The van der Waals surface area contributed by atoms with E-state index in [2.05, 4.69) is 25.5 Å². The quantitative estimate of drug-likeness (QED) is 0.306. The molecule has 37 heavy (non-hydrogen) atoms. The Balaban J connectivity index is 1.63. The molecule has 3 aromatic rings. The van der Waals surface area contributed by atoms with Crippen LogP contribution in [0.3, 0.4) is 0 Å². The van der Waals surface area contributed by atoms with Crippen LogP contribution in [-0.4, -0.2) is 29.2 Å². The molecule has 11 heteroatoms. The molecular formula is C26H28Cl2F3N5O. The average Bonchev–Trinajstić information content (AvgIpc) is 2.83. The maximum atomic E-state index is 13.2. The molecule has 0 atom stereocenters. The Labute approximate surface area is 224 Å². The van der Waals surface area contributed by atoms with Gasteiger partial charge >= 0.3 is 6.18 Å². The number of alkyl halides is 3. The zero-order valence-corrected chi connectivity index (χ0v) is 22.2. The third-order valence-corrected chi connectivity index (χ3v) is 6.49. The van der Waals surface area contributed by atoms with Gasteiger partial charge in [0.1, 0.15) is 10.8 Å². The van der Waals surface area contributed by atoms with Gasteiger partial charge in [0.05, 0.1) is 28.6 Å². The van der Waals surface area contributed by atoms with Crippen molar-refractivity contribution >= 4 is 52.0 Å². The van der Waals surface area contributed by atoms with Crippen molar-refractivity contribution in [2.75, 3.05) is 28.6 Å². The lowest BCUT2D eigenvalue weighted by Crippen LogP contribution is -2.30. The maximum Gasteiger partial charge on any atom is 0.417 e. The summed E-state index contributed by atoms with van der Waals surface area (Å²) >= 11 is 12.1. The van der Waals surface area contributed by atoms with E-state index in [-0.39, 0.29) is 28.6 Å². The normalized spacial score (nSPS) is 14.1. The molecule has 1 aromatic heterocycles. The van der Waals surface area contributed by atoms with Crippen molar-refractivity contribution in [3.05, 3.63) is 57.7 Å². The van der Waals surface area contributed by atoms with Crippen LogP contribution in [0.2, 0.25) is 10.0 Å². The lowest BCUT2D eigenvalue weighted by molar-refractivity contribution is -0.137. The number of rotatable bonds is 7. The van der Waals surface area contributed by atoms with Crippen LogP contribution in [-0.2, 0) is 6.18 Å². The fourth-order valence-electron chi connectivity index (χ4n) is 4.19. The van der Waals surface area contributed by atoms with Crippen LogP contribution >= 0.6 is 23.2 Å². The first-order valence-corrected chi connectivity index (χ1v) is 12.8. The first kappa shape index (κ1) is 27.1. The van der Waals surface area contributed by atoms with E-state index in [1.807, 2.05) is 32.9 Å². The molecule has 2 heterocycles. The van der Waals surface area contributed by atoms with Crippen molar-refractivity contribution in [1.82, 2.24) is 9.97 Å². The standard InChI is InChI=1S/C26H28Cl2F3N5O/c1-15(2)37-23-13-22(36-9-5-4-6-10-36)16(3)11-21(23)34-24-20(28)14-32-25(35-24)33-17-7-8-19(27)18(12-17)26(29,30)31/h7-8,11-15H,4-6,9-10H2,1-3H3,(H2,32,33,34,35). The first-order chi connectivity index (χ1) is 17.5. The SMILES string of the molecule is Cc1cc(Nc2nc(Nc3ccc(Cl)c(C(F)(F)F)c3)ncc2Cl)c(OC(C)C)cc1N1CCCCC1. The number of anilines is 5. The predicted octanol–water partition coefficient (Wildman–Crippen LogP) is 8.38. The number of hydrogen-bond donors (Lipinski definition) is 2. The number of benzene rings is 2. The van der Waals surface area contributed by atoms with Gasteiger partial charge in [0.2, 0.25) is 5.95 Å². The summed E-state index contributed by atoms with van der Waals surface area (Å²) in [7, 11) is 0. The van der Waals surface area contributed by atoms with Crippen molar-refractivity contribution < 1.29 is 17.9 Å². The maximum absolute atomic E-state index is 13.2. The number of aryl methyl sites for hydroxylation is 1. The molecule has 0 bridgehead atoms. The molecule has 2 N–H and O–H groups in total. The highest BCUT2D eigenvalue weighted by molar-refractivity contribution is 6.33. The minimum atomic E-state index is -4.59. The number of hydrogen-bond acceptors (Lipinski definition) is 6. The van der Waals surface area contributed by atoms with E-state index < -0.39 is 16.8 Å². The molecule has 0 saturated carbocycles. The summed E-state index contributed by atoms with van der Waals surface area (Å²) in [4.78, 5) is 10.9. The third-order valence-electron chi connectivity index (χ3n) is 5.88. The molecule has 1 aliphatic heterocycles. The summed E-state index contributed by atoms with van der Waals surface area (Å²) in [6.45, 7) is 7.95. The molecule has 4 rings (SSSR count). The summed E-state index contributed by atoms with van der Waals surface area (Å²) in [6, 6.07) is 7.51. The Morgan fingerprint density at radius 2 is 1.73 bits per heavy atom. The lowest BCUT2D eigenvalue weighted by atomic mass is 10.1. The summed E-state index contributed by atoms with van der Waals surface area (Å²) in [5, 5.41) is 5.86. The monoisotopic (exact) mass is 553 g/mol. The highest BCUT2D eigenvalue weighted by Crippen LogP contribution is 2.39. The van der Waals surface area contributed by atoms with E-state index in [1.165, 1.54) is 24.8 Å². The molecule has 0 radical (unpaired) electrons. The number of nitrogens with one attached hydrogen (secondary N) is 2. The smallest absolute Gasteiger partial charge is 0.417 e. The Bertz CT molecular complexity index is 1260. The highest BCUT2D eigenvalue weighted by Gasteiger charge is 2.33. The highest BCUT2D eigenvalue weighted by atomic mass is 35.5. The third kappa shape index (κ3) is 6.70. The van der Waals surface area contributed by atoms with Gasteiger partial charge in [0, 0.05) is 30.5 Å². The molecule has 2 aromatic carbocycles. The molecule has 198 valence electrons. The van der Waals surface area contributed by atoms with Crippen LogP contribution in [0.4, 0.5) is 42.0 Å². The predicted molar refractivity (Wildman–Crippen MR) is 143 cm³/mol. The number of piperidine rings is 1. The van der Waals surface area contributed by atoms with Gasteiger partial charge in [0.15, 0.2) is 5.82 Å². The second-order valence-electron chi connectivity index (χ2n) is 9.18. The van der Waals surface area contributed by atoms with E-state index >= 15 is 0 Å². The Morgan fingerprint density at radius 3 is 2.41 bits per heavy atom. The van der Waals surface area contributed by atoms with Gasteiger partial charge in [-0.2, -0.15) is 18.2 Å². The summed E-state index contributed by atoms with van der Waals surface area (Å²) < 4.78 is 45.9. The zero-order valence-electron chi connectivity index (χ0n) is 20.7. The molecule has 0 aliphatic carbocycles. The van der Waals surface area contributed by atoms with Crippen LogP contribution in [0.15, 0.2) is 36.5 Å². The number of nitrogens with zero attached hydrogens (tertiary/aromatic N) is 3. The van der Waals surface area contributed by atoms with Crippen molar-refractivity contribution in [3.8, 4) is 5.75 Å². The average molecular weight is 554 g/mol. The molecule has 1 aliphatic rings. The van der Waals surface area contributed by atoms with E-state index in [4.69, 9.17) is 27.9 Å². The van der Waals surface area contributed by atoms with Crippen molar-refractivity contribution in [2.24, 2.45) is 0 Å². The number of aromatic nitrogens is 2. The van der Waals surface area contributed by atoms with Crippen molar-refractivity contribution in [2.45, 2.75) is 52.3 Å². The molecular weight excluding hydrogens is 526 g/mol. The van der Waals surface area contributed by atoms with E-state index in [0.717, 1.165) is 43.2 Å². The van der Waals surface area contributed by atoms with Gasteiger partial charge in [-0.05, 0) is 69.9 Å².